The second kappa shape index (κ2) is 5.73. The molecular formula is C15H14Cl2N2O. The van der Waals surface area contributed by atoms with E-state index in [1.54, 1.807) is 12.1 Å². The smallest absolute Gasteiger partial charge is 0.255 e. The minimum atomic E-state index is -0.250. The van der Waals surface area contributed by atoms with Gasteiger partial charge in [0, 0.05) is 16.9 Å². The number of anilines is 2. The molecule has 0 unspecified atom stereocenters. The molecule has 0 aliphatic carbocycles. The normalized spacial score (nSPS) is 10.4. The zero-order valence-electron chi connectivity index (χ0n) is 11.1. The second-order valence-electron chi connectivity index (χ2n) is 4.55. The summed E-state index contributed by atoms with van der Waals surface area (Å²) < 4.78 is 0. The lowest BCUT2D eigenvalue weighted by molar-refractivity contribution is 0.102. The molecule has 0 saturated carbocycles. The summed E-state index contributed by atoms with van der Waals surface area (Å²) in [6.45, 7) is 3.78. The van der Waals surface area contributed by atoms with Gasteiger partial charge in [-0.15, -0.1) is 0 Å². The topological polar surface area (TPSA) is 55.1 Å². The zero-order chi connectivity index (χ0) is 14.9. The van der Waals surface area contributed by atoms with Gasteiger partial charge in [-0.25, -0.2) is 0 Å². The van der Waals surface area contributed by atoms with E-state index in [2.05, 4.69) is 5.32 Å². The Labute approximate surface area is 127 Å². The first kappa shape index (κ1) is 14.7. The first-order chi connectivity index (χ1) is 9.40. The molecule has 5 heteroatoms. The maximum Gasteiger partial charge on any atom is 0.255 e. The second-order valence-corrected chi connectivity index (χ2v) is 5.37. The van der Waals surface area contributed by atoms with Crippen LogP contribution in [0.4, 0.5) is 11.4 Å². The van der Waals surface area contributed by atoms with Crippen LogP contribution in [0.15, 0.2) is 30.3 Å². The standard InChI is InChI=1S/C15H14Cl2N2O/c1-8-3-6-13(18)9(2)14(8)19-15(20)10-4-5-11(16)12(17)7-10/h3-7H,18H2,1-2H3,(H,19,20). The van der Waals surface area contributed by atoms with E-state index in [1.807, 2.05) is 26.0 Å². The molecule has 104 valence electrons. The number of rotatable bonds is 2. The minimum Gasteiger partial charge on any atom is -0.398 e. The van der Waals surface area contributed by atoms with Crippen LogP contribution in [-0.2, 0) is 0 Å². The van der Waals surface area contributed by atoms with E-state index < -0.39 is 0 Å². The van der Waals surface area contributed by atoms with Crippen LogP contribution in [-0.4, -0.2) is 5.91 Å². The van der Waals surface area contributed by atoms with Gasteiger partial charge in [-0.05, 0) is 49.2 Å². The Balaban J connectivity index is 2.32. The number of nitrogen functional groups attached to an aromatic ring is 1. The molecule has 0 saturated heterocycles. The number of halogens is 2. The lowest BCUT2D eigenvalue weighted by atomic mass is 10.1. The minimum absolute atomic E-state index is 0.250. The summed E-state index contributed by atoms with van der Waals surface area (Å²) in [6, 6.07) is 8.45. The van der Waals surface area contributed by atoms with E-state index in [0.717, 1.165) is 16.8 Å². The SMILES string of the molecule is Cc1ccc(N)c(C)c1NC(=O)c1ccc(Cl)c(Cl)c1. The van der Waals surface area contributed by atoms with Crippen molar-refractivity contribution in [1.82, 2.24) is 0 Å². The van der Waals surface area contributed by atoms with Crippen LogP contribution in [0, 0.1) is 13.8 Å². The molecule has 0 spiro atoms. The van der Waals surface area contributed by atoms with Crippen molar-refractivity contribution < 1.29 is 4.79 Å². The van der Waals surface area contributed by atoms with Gasteiger partial charge >= 0.3 is 0 Å². The predicted molar refractivity (Wildman–Crippen MR) is 84.7 cm³/mol. The van der Waals surface area contributed by atoms with Gasteiger partial charge in [-0.2, -0.15) is 0 Å². The lowest BCUT2D eigenvalue weighted by Crippen LogP contribution is -2.14. The highest BCUT2D eigenvalue weighted by atomic mass is 35.5. The van der Waals surface area contributed by atoms with Crippen LogP contribution in [0.2, 0.25) is 10.0 Å². The molecule has 0 aliphatic rings. The van der Waals surface area contributed by atoms with Crippen LogP contribution < -0.4 is 11.1 Å². The number of hydrogen-bond donors (Lipinski definition) is 2. The molecule has 0 heterocycles. The summed E-state index contributed by atoms with van der Waals surface area (Å²) in [5.74, 6) is -0.250. The average molecular weight is 309 g/mol. The van der Waals surface area contributed by atoms with Crippen LogP contribution in [0.3, 0.4) is 0 Å². The summed E-state index contributed by atoms with van der Waals surface area (Å²) in [7, 11) is 0. The molecule has 20 heavy (non-hydrogen) atoms. The number of benzene rings is 2. The molecule has 2 rings (SSSR count). The van der Waals surface area contributed by atoms with Crippen molar-refractivity contribution >= 4 is 40.5 Å². The highest BCUT2D eigenvalue weighted by molar-refractivity contribution is 6.42. The molecule has 2 aromatic rings. The van der Waals surface area contributed by atoms with Crippen LogP contribution in [0.25, 0.3) is 0 Å². The number of aryl methyl sites for hydroxylation is 1. The number of carbonyl (C=O) groups excluding carboxylic acids is 1. The molecule has 2 aromatic carbocycles. The first-order valence-corrected chi connectivity index (χ1v) is 6.78. The van der Waals surface area contributed by atoms with Gasteiger partial charge < -0.3 is 11.1 Å². The molecule has 0 fully saturated rings. The van der Waals surface area contributed by atoms with Crippen molar-refractivity contribution in [2.24, 2.45) is 0 Å². The predicted octanol–water partition coefficient (Wildman–Crippen LogP) is 4.44. The number of nitrogens with two attached hydrogens (primary N) is 1. The number of hydrogen-bond acceptors (Lipinski definition) is 2. The molecule has 0 bridgehead atoms. The molecule has 0 radical (unpaired) electrons. The van der Waals surface area contributed by atoms with Crippen LogP contribution in [0.1, 0.15) is 21.5 Å². The summed E-state index contributed by atoms with van der Waals surface area (Å²) in [5, 5.41) is 3.63. The van der Waals surface area contributed by atoms with Crippen molar-refractivity contribution in [3.8, 4) is 0 Å². The first-order valence-electron chi connectivity index (χ1n) is 6.02. The Kier molecular flexibility index (Phi) is 4.21. The Morgan fingerprint density at radius 1 is 1.10 bits per heavy atom. The van der Waals surface area contributed by atoms with E-state index in [0.29, 0.717) is 21.3 Å². The van der Waals surface area contributed by atoms with E-state index >= 15 is 0 Å². The van der Waals surface area contributed by atoms with Gasteiger partial charge in [0.05, 0.1) is 10.0 Å². The highest BCUT2D eigenvalue weighted by Gasteiger charge is 2.12. The van der Waals surface area contributed by atoms with E-state index in [1.165, 1.54) is 6.07 Å². The van der Waals surface area contributed by atoms with Gasteiger partial charge in [-0.1, -0.05) is 29.3 Å². The van der Waals surface area contributed by atoms with Crippen molar-refractivity contribution in [3.05, 3.63) is 57.1 Å². The Hall–Kier alpha value is -1.71. The number of nitrogens with one attached hydrogen (secondary N) is 1. The summed E-state index contributed by atoms with van der Waals surface area (Å²) in [4.78, 5) is 12.2. The van der Waals surface area contributed by atoms with Crippen molar-refractivity contribution in [2.45, 2.75) is 13.8 Å². The lowest BCUT2D eigenvalue weighted by Gasteiger charge is -2.13. The Morgan fingerprint density at radius 3 is 2.45 bits per heavy atom. The molecule has 0 atom stereocenters. The average Bonchev–Trinajstić information content (AvgIpc) is 2.42. The summed E-state index contributed by atoms with van der Waals surface area (Å²) in [5.41, 5.74) is 9.46. The van der Waals surface area contributed by atoms with E-state index in [9.17, 15) is 4.79 Å². The van der Waals surface area contributed by atoms with Gasteiger partial charge in [0.25, 0.3) is 5.91 Å². The molecule has 0 aromatic heterocycles. The van der Waals surface area contributed by atoms with Gasteiger partial charge in [0.15, 0.2) is 0 Å². The highest BCUT2D eigenvalue weighted by Crippen LogP contribution is 2.27. The third-order valence-corrected chi connectivity index (χ3v) is 3.87. The van der Waals surface area contributed by atoms with Crippen molar-refractivity contribution in [3.63, 3.8) is 0 Å². The monoisotopic (exact) mass is 308 g/mol. The third kappa shape index (κ3) is 2.89. The van der Waals surface area contributed by atoms with Crippen molar-refractivity contribution in [1.29, 1.82) is 0 Å². The fourth-order valence-corrected chi connectivity index (χ4v) is 2.18. The number of amides is 1. The van der Waals surface area contributed by atoms with E-state index in [4.69, 9.17) is 28.9 Å². The van der Waals surface area contributed by atoms with Gasteiger partial charge in [-0.3, -0.25) is 4.79 Å². The van der Waals surface area contributed by atoms with Gasteiger partial charge in [0.1, 0.15) is 0 Å². The zero-order valence-corrected chi connectivity index (χ0v) is 12.6. The van der Waals surface area contributed by atoms with E-state index in [-0.39, 0.29) is 5.91 Å². The Morgan fingerprint density at radius 2 is 1.80 bits per heavy atom. The van der Waals surface area contributed by atoms with Crippen LogP contribution in [0.5, 0.6) is 0 Å². The quantitative estimate of drug-likeness (QED) is 0.806. The van der Waals surface area contributed by atoms with Gasteiger partial charge in [0.2, 0.25) is 0 Å². The Bertz CT molecular complexity index is 684. The molecule has 0 aliphatic heterocycles. The van der Waals surface area contributed by atoms with Crippen molar-refractivity contribution in [2.75, 3.05) is 11.1 Å². The fraction of sp³-hybridized carbons (Fsp3) is 0.133. The van der Waals surface area contributed by atoms with Crippen LogP contribution >= 0.6 is 23.2 Å². The maximum absolute atomic E-state index is 12.2. The molecular weight excluding hydrogens is 295 g/mol. The summed E-state index contributed by atoms with van der Waals surface area (Å²) in [6.07, 6.45) is 0. The third-order valence-electron chi connectivity index (χ3n) is 3.14. The molecule has 3 N–H and O–H groups in total. The molecule has 3 nitrogen and oxygen atoms in total. The maximum atomic E-state index is 12.2. The fourth-order valence-electron chi connectivity index (χ4n) is 1.88. The largest absolute Gasteiger partial charge is 0.398 e. The summed E-state index contributed by atoms with van der Waals surface area (Å²) >= 11 is 11.8. The number of carbonyl (C=O) groups is 1. The molecule has 1 amide bonds.